The highest BCUT2D eigenvalue weighted by atomic mass is 35.5. The molecule has 0 aliphatic carbocycles. The van der Waals surface area contributed by atoms with E-state index in [0.717, 1.165) is 10.6 Å². The summed E-state index contributed by atoms with van der Waals surface area (Å²) in [6.45, 7) is 2.74. The van der Waals surface area contributed by atoms with Gasteiger partial charge in [0.25, 0.3) is 5.91 Å². The molecule has 0 aliphatic heterocycles. The largest absolute Gasteiger partial charge is 0.343 e. The predicted molar refractivity (Wildman–Crippen MR) is 87.3 cm³/mol. The molecule has 0 saturated carbocycles. The molecule has 0 aliphatic rings. The first-order valence-corrected chi connectivity index (χ1v) is 6.77. The fraction of sp³-hybridized carbons (Fsp3) is 0.333. The van der Waals surface area contributed by atoms with E-state index in [2.05, 4.69) is 20.3 Å². The number of nitrogens with zero attached hydrogens (tertiary/aromatic N) is 3. The molecule has 0 unspecified atom stereocenters. The Hall–Kier alpha value is -1.28. The van der Waals surface area contributed by atoms with Crippen LogP contribution in [0.5, 0.6) is 0 Å². The normalized spacial score (nSPS) is 9.43. The summed E-state index contributed by atoms with van der Waals surface area (Å²) >= 11 is 1.44. The second-order valence-corrected chi connectivity index (χ2v) is 4.97. The van der Waals surface area contributed by atoms with Crippen LogP contribution in [-0.2, 0) is 13.0 Å². The van der Waals surface area contributed by atoms with Crippen molar-refractivity contribution in [1.29, 1.82) is 0 Å². The Balaban J connectivity index is 0.00000200. The van der Waals surface area contributed by atoms with Crippen LogP contribution in [0.4, 0.5) is 0 Å². The number of hydrogen-bond acceptors (Lipinski definition) is 6. The zero-order valence-corrected chi connectivity index (χ0v) is 13.9. The quantitative estimate of drug-likeness (QED) is 0.853. The number of thiazole rings is 1. The van der Waals surface area contributed by atoms with E-state index in [1.54, 1.807) is 17.8 Å². The molecule has 0 saturated heterocycles. The van der Waals surface area contributed by atoms with Crippen molar-refractivity contribution in [1.82, 2.24) is 20.3 Å². The lowest BCUT2D eigenvalue weighted by molar-refractivity contribution is 0.0945. The Labute approximate surface area is 139 Å². The lowest BCUT2D eigenvalue weighted by atomic mass is 10.4. The highest BCUT2D eigenvalue weighted by molar-refractivity contribution is 7.09. The first-order chi connectivity index (χ1) is 9.19. The molecule has 0 radical (unpaired) electrons. The molecule has 2 rings (SSSR count). The van der Waals surface area contributed by atoms with E-state index in [4.69, 9.17) is 5.73 Å². The maximum absolute atomic E-state index is 11.8. The summed E-state index contributed by atoms with van der Waals surface area (Å²) < 4.78 is 0. The number of aromatic nitrogens is 3. The van der Waals surface area contributed by atoms with Gasteiger partial charge in [-0.2, -0.15) is 0 Å². The van der Waals surface area contributed by atoms with Gasteiger partial charge in [-0.05, 0) is 19.0 Å². The maximum Gasteiger partial charge on any atom is 0.271 e. The maximum atomic E-state index is 11.8. The summed E-state index contributed by atoms with van der Waals surface area (Å²) in [4.78, 5) is 24.3. The number of carbonyl (C=O) groups is 1. The molecule has 6 nitrogen and oxygen atoms in total. The van der Waals surface area contributed by atoms with E-state index in [0.29, 0.717) is 31.0 Å². The van der Waals surface area contributed by atoms with Crippen molar-refractivity contribution in [2.45, 2.75) is 19.9 Å². The Kier molecular flexibility index (Phi) is 9.03. The number of aryl methyl sites for hydroxylation is 1. The van der Waals surface area contributed by atoms with Gasteiger partial charge >= 0.3 is 0 Å². The molecule has 2 heterocycles. The summed E-state index contributed by atoms with van der Waals surface area (Å²) in [6, 6.07) is 0. The van der Waals surface area contributed by atoms with Crippen LogP contribution >= 0.6 is 36.2 Å². The Bertz CT molecular complexity index is 561. The van der Waals surface area contributed by atoms with Gasteiger partial charge in [0.05, 0.1) is 11.6 Å². The lowest BCUT2D eigenvalue weighted by Gasteiger charge is -2.02. The average Bonchev–Trinajstić information content (AvgIpc) is 2.87. The van der Waals surface area contributed by atoms with Gasteiger partial charge < -0.3 is 11.1 Å². The van der Waals surface area contributed by atoms with Gasteiger partial charge in [0.15, 0.2) is 0 Å². The molecule has 0 aromatic carbocycles. The van der Waals surface area contributed by atoms with Crippen LogP contribution in [0.25, 0.3) is 0 Å². The zero-order valence-electron chi connectivity index (χ0n) is 11.4. The molecular formula is C12H17Cl2N5OS. The van der Waals surface area contributed by atoms with Crippen molar-refractivity contribution in [2.24, 2.45) is 5.73 Å². The number of rotatable bonds is 5. The first kappa shape index (κ1) is 19.7. The number of halogens is 2. The summed E-state index contributed by atoms with van der Waals surface area (Å²) in [5, 5.41) is 5.35. The summed E-state index contributed by atoms with van der Waals surface area (Å²) in [5.41, 5.74) is 6.85. The van der Waals surface area contributed by atoms with Crippen LogP contribution in [-0.4, -0.2) is 27.4 Å². The van der Waals surface area contributed by atoms with Gasteiger partial charge in [-0.15, -0.1) is 36.2 Å². The minimum atomic E-state index is -0.219. The monoisotopic (exact) mass is 349 g/mol. The topological polar surface area (TPSA) is 93.8 Å². The summed E-state index contributed by atoms with van der Waals surface area (Å²) in [6.07, 6.45) is 4.13. The van der Waals surface area contributed by atoms with Crippen molar-refractivity contribution in [3.05, 3.63) is 39.9 Å². The van der Waals surface area contributed by atoms with Crippen LogP contribution in [0.3, 0.4) is 0 Å². The number of hydrogen-bond donors (Lipinski definition) is 2. The predicted octanol–water partition coefficient (Wildman–Crippen LogP) is 1.52. The van der Waals surface area contributed by atoms with Crippen molar-refractivity contribution in [3.8, 4) is 0 Å². The molecule has 9 heteroatoms. The molecule has 0 spiro atoms. The molecule has 0 fully saturated rings. The summed E-state index contributed by atoms with van der Waals surface area (Å²) in [5.74, 6) is 0.361. The molecule has 116 valence electrons. The van der Waals surface area contributed by atoms with Crippen molar-refractivity contribution < 1.29 is 4.79 Å². The molecule has 2 aromatic heterocycles. The van der Waals surface area contributed by atoms with Gasteiger partial charge in [-0.1, -0.05) is 0 Å². The minimum absolute atomic E-state index is 0. The minimum Gasteiger partial charge on any atom is -0.343 e. The standard InChI is InChI=1S/C12H15N5OS.2ClH/c1-8-4-14-10(15-5-8)6-16-12(18)9-7-19-11(17-9)2-3-13;;/h4-5,7H,2-3,6,13H2,1H3,(H,16,18);2*1H. The van der Waals surface area contributed by atoms with Gasteiger partial charge in [0.2, 0.25) is 0 Å². The Morgan fingerprint density at radius 2 is 2.00 bits per heavy atom. The van der Waals surface area contributed by atoms with Crippen LogP contribution in [0.15, 0.2) is 17.8 Å². The number of carbonyl (C=O) groups excluding carboxylic acids is 1. The van der Waals surface area contributed by atoms with E-state index in [1.807, 2.05) is 6.92 Å². The number of amides is 1. The van der Waals surface area contributed by atoms with Crippen molar-refractivity contribution in [3.63, 3.8) is 0 Å². The van der Waals surface area contributed by atoms with Gasteiger partial charge in [0, 0.05) is 24.2 Å². The number of nitrogens with one attached hydrogen (secondary N) is 1. The molecule has 0 atom stereocenters. The van der Waals surface area contributed by atoms with Crippen molar-refractivity contribution >= 4 is 42.1 Å². The van der Waals surface area contributed by atoms with E-state index in [-0.39, 0.29) is 30.7 Å². The highest BCUT2D eigenvalue weighted by Crippen LogP contribution is 2.09. The molecule has 2 aromatic rings. The SMILES string of the molecule is Cc1cnc(CNC(=O)c2csc(CCN)n2)nc1.Cl.Cl. The second kappa shape index (κ2) is 9.62. The lowest BCUT2D eigenvalue weighted by Crippen LogP contribution is -2.24. The van der Waals surface area contributed by atoms with Gasteiger partial charge in [-0.3, -0.25) is 4.79 Å². The summed E-state index contributed by atoms with van der Waals surface area (Å²) in [7, 11) is 0. The molecular weight excluding hydrogens is 333 g/mol. The zero-order chi connectivity index (χ0) is 13.7. The van der Waals surface area contributed by atoms with E-state index in [1.165, 1.54) is 11.3 Å². The van der Waals surface area contributed by atoms with E-state index < -0.39 is 0 Å². The van der Waals surface area contributed by atoms with E-state index in [9.17, 15) is 4.79 Å². The second-order valence-electron chi connectivity index (χ2n) is 4.02. The van der Waals surface area contributed by atoms with Gasteiger partial charge in [0.1, 0.15) is 11.5 Å². The third kappa shape index (κ3) is 5.92. The van der Waals surface area contributed by atoms with Crippen LogP contribution in [0, 0.1) is 6.92 Å². The number of nitrogens with two attached hydrogens (primary N) is 1. The molecule has 21 heavy (non-hydrogen) atoms. The van der Waals surface area contributed by atoms with Gasteiger partial charge in [-0.25, -0.2) is 15.0 Å². The first-order valence-electron chi connectivity index (χ1n) is 5.89. The molecule has 1 amide bonds. The average molecular weight is 350 g/mol. The van der Waals surface area contributed by atoms with Crippen molar-refractivity contribution in [2.75, 3.05) is 6.54 Å². The smallest absolute Gasteiger partial charge is 0.271 e. The third-order valence-electron chi connectivity index (χ3n) is 2.38. The highest BCUT2D eigenvalue weighted by Gasteiger charge is 2.10. The molecule has 0 bridgehead atoms. The fourth-order valence-corrected chi connectivity index (χ4v) is 2.21. The third-order valence-corrected chi connectivity index (χ3v) is 3.29. The molecule has 3 N–H and O–H groups in total. The Morgan fingerprint density at radius 3 is 2.62 bits per heavy atom. The van der Waals surface area contributed by atoms with Crippen LogP contribution in [0.1, 0.15) is 26.9 Å². The Morgan fingerprint density at radius 1 is 1.33 bits per heavy atom. The van der Waals surface area contributed by atoms with E-state index >= 15 is 0 Å². The van der Waals surface area contributed by atoms with Crippen LogP contribution < -0.4 is 11.1 Å². The van der Waals surface area contributed by atoms with Crippen LogP contribution in [0.2, 0.25) is 0 Å². The fourth-order valence-electron chi connectivity index (χ4n) is 1.41.